The van der Waals surface area contributed by atoms with Gasteiger partial charge in [0.25, 0.3) is 5.56 Å². The van der Waals surface area contributed by atoms with E-state index in [0.717, 1.165) is 39.0 Å². The molecule has 0 atom stereocenters. The van der Waals surface area contributed by atoms with Crippen LogP contribution >= 0.6 is 11.6 Å². The summed E-state index contributed by atoms with van der Waals surface area (Å²) in [6.45, 7) is 2.42. The second-order valence-electron chi connectivity index (χ2n) is 8.39. The van der Waals surface area contributed by atoms with Gasteiger partial charge < -0.3 is 14.0 Å². The number of benzene rings is 1. The van der Waals surface area contributed by atoms with Crippen LogP contribution in [0.5, 0.6) is 11.5 Å². The van der Waals surface area contributed by atoms with Gasteiger partial charge in [-0.2, -0.15) is 5.10 Å². The molecule has 9 heteroatoms. The minimum absolute atomic E-state index is 0.154. The molecule has 4 aromatic heterocycles. The Morgan fingerprint density at radius 1 is 1.11 bits per heavy atom. The third kappa shape index (κ3) is 4.55. The lowest BCUT2D eigenvalue weighted by Gasteiger charge is -2.16. The van der Waals surface area contributed by atoms with Gasteiger partial charge in [0, 0.05) is 60.1 Å². The van der Waals surface area contributed by atoms with E-state index in [0.29, 0.717) is 16.5 Å². The fourth-order valence-corrected chi connectivity index (χ4v) is 4.44. The van der Waals surface area contributed by atoms with Crippen molar-refractivity contribution in [3.63, 3.8) is 0 Å². The standard InChI is InChI=1S/C27H24ClN5O3/c1-17-11-21(24-9-10-30-32(24)2)20-5-4-6-25(27(20)31-17)36-16-22-18(12-29-13-23(22)28)14-33-15-19(35-3)7-8-26(33)34/h4-13,15H,14,16H2,1-3H3. The number of hydrogen-bond donors (Lipinski definition) is 0. The van der Waals surface area contributed by atoms with Gasteiger partial charge in [0.1, 0.15) is 23.6 Å². The zero-order valence-corrected chi connectivity index (χ0v) is 20.9. The van der Waals surface area contributed by atoms with Crippen LogP contribution in [0.1, 0.15) is 16.8 Å². The van der Waals surface area contributed by atoms with E-state index in [1.165, 1.54) is 6.07 Å². The molecule has 5 aromatic rings. The Labute approximate surface area is 212 Å². The molecule has 0 bridgehead atoms. The molecule has 0 saturated carbocycles. The summed E-state index contributed by atoms with van der Waals surface area (Å²) in [7, 11) is 3.47. The van der Waals surface area contributed by atoms with Crippen molar-refractivity contribution in [1.82, 2.24) is 24.3 Å². The highest BCUT2D eigenvalue weighted by Crippen LogP contribution is 2.33. The highest BCUT2D eigenvalue weighted by atomic mass is 35.5. The molecule has 0 radical (unpaired) electrons. The molecule has 0 aliphatic heterocycles. The first-order valence-electron chi connectivity index (χ1n) is 11.3. The average molecular weight is 502 g/mol. The molecule has 1 aromatic carbocycles. The molecule has 4 heterocycles. The number of hydrogen-bond acceptors (Lipinski definition) is 6. The Hall–Kier alpha value is -4.17. The zero-order chi connectivity index (χ0) is 25.2. The normalized spacial score (nSPS) is 11.1. The van der Waals surface area contributed by atoms with Crippen LogP contribution in [0, 0.1) is 6.92 Å². The van der Waals surface area contributed by atoms with Crippen molar-refractivity contribution in [3.05, 3.63) is 99.4 Å². The number of aryl methyl sites for hydroxylation is 2. The minimum atomic E-state index is -0.154. The zero-order valence-electron chi connectivity index (χ0n) is 20.1. The van der Waals surface area contributed by atoms with E-state index in [2.05, 4.69) is 10.1 Å². The number of methoxy groups -OCH3 is 1. The van der Waals surface area contributed by atoms with E-state index >= 15 is 0 Å². The third-order valence-corrected chi connectivity index (χ3v) is 6.35. The number of aromatic nitrogens is 5. The lowest BCUT2D eigenvalue weighted by atomic mass is 10.0. The van der Waals surface area contributed by atoms with Crippen molar-refractivity contribution >= 4 is 22.5 Å². The predicted molar refractivity (Wildman–Crippen MR) is 139 cm³/mol. The van der Waals surface area contributed by atoms with E-state index in [1.54, 1.807) is 42.5 Å². The number of halogens is 1. The van der Waals surface area contributed by atoms with Crippen LogP contribution in [0.15, 0.2) is 72.0 Å². The lowest BCUT2D eigenvalue weighted by Crippen LogP contribution is -2.20. The topological polar surface area (TPSA) is 84.1 Å². The van der Waals surface area contributed by atoms with Gasteiger partial charge in [-0.3, -0.25) is 14.5 Å². The van der Waals surface area contributed by atoms with Crippen LogP contribution in [-0.4, -0.2) is 31.4 Å². The van der Waals surface area contributed by atoms with Crippen molar-refractivity contribution in [3.8, 4) is 22.8 Å². The van der Waals surface area contributed by atoms with Crippen molar-refractivity contribution in [1.29, 1.82) is 0 Å². The Kier molecular flexibility index (Phi) is 6.43. The fraction of sp³-hybridized carbons (Fsp3) is 0.185. The first-order chi connectivity index (χ1) is 17.4. The van der Waals surface area contributed by atoms with Crippen LogP contribution in [0.3, 0.4) is 0 Å². The van der Waals surface area contributed by atoms with Gasteiger partial charge in [-0.05, 0) is 36.8 Å². The summed E-state index contributed by atoms with van der Waals surface area (Å²) >= 11 is 6.53. The third-order valence-electron chi connectivity index (χ3n) is 6.03. The molecule has 5 rings (SSSR count). The van der Waals surface area contributed by atoms with Crippen molar-refractivity contribution in [2.75, 3.05) is 7.11 Å². The van der Waals surface area contributed by atoms with Gasteiger partial charge in [-0.1, -0.05) is 23.7 Å². The Bertz CT molecular complexity index is 1630. The Morgan fingerprint density at radius 3 is 2.75 bits per heavy atom. The first-order valence-corrected chi connectivity index (χ1v) is 11.7. The highest BCUT2D eigenvalue weighted by molar-refractivity contribution is 6.31. The van der Waals surface area contributed by atoms with Crippen molar-refractivity contribution in [2.45, 2.75) is 20.1 Å². The molecule has 0 spiro atoms. The monoisotopic (exact) mass is 501 g/mol. The Morgan fingerprint density at radius 2 is 1.97 bits per heavy atom. The first kappa shape index (κ1) is 23.6. The van der Waals surface area contributed by atoms with Gasteiger partial charge in [0.2, 0.25) is 0 Å². The summed E-state index contributed by atoms with van der Waals surface area (Å²) < 4.78 is 14.9. The maximum Gasteiger partial charge on any atom is 0.251 e. The molecule has 36 heavy (non-hydrogen) atoms. The molecular formula is C27H24ClN5O3. The highest BCUT2D eigenvalue weighted by Gasteiger charge is 2.15. The number of para-hydroxylation sites is 1. The maximum atomic E-state index is 12.4. The van der Waals surface area contributed by atoms with E-state index in [1.807, 2.05) is 49.0 Å². The van der Waals surface area contributed by atoms with Gasteiger partial charge in [-0.15, -0.1) is 0 Å². The van der Waals surface area contributed by atoms with E-state index in [4.69, 9.17) is 26.1 Å². The second-order valence-corrected chi connectivity index (χ2v) is 8.79. The van der Waals surface area contributed by atoms with E-state index < -0.39 is 0 Å². The van der Waals surface area contributed by atoms with Gasteiger partial charge in [0.05, 0.1) is 24.4 Å². The minimum Gasteiger partial charge on any atom is -0.495 e. The summed E-state index contributed by atoms with van der Waals surface area (Å²) in [5.74, 6) is 1.22. The number of nitrogens with zero attached hydrogens (tertiary/aromatic N) is 5. The van der Waals surface area contributed by atoms with E-state index in [9.17, 15) is 4.79 Å². The predicted octanol–water partition coefficient (Wildman–Crippen LogP) is 4.79. The molecule has 0 fully saturated rings. The maximum absolute atomic E-state index is 12.4. The summed E-state index contributed by atoms with van der Waals surface area (Å²) in [6, 6.07) is 13.0. The molecule has 0 saturated heterocycles. The number of pyridine rings is 3. The van der Waals surface area contributed by atoms with Gasteiger partial charge in [0.15, 0.2) is 0 Å². The Balaban J connectivity index is 1.50. The fourth-order valence-electron chi connectivity index (χ4n) is 4.20. The lowest BCUT2D eigenvalue weighted by molar-refractivity contribution is 0.307. The summed E-state index contributed by atoms with van der Waals surface area (Å²) in [6.07, 6.45) is 6.70. The number of rotatable bonds is 7. The molecule has 0 aliphatic rings. The second kappa shape index (κ2) is 9.83. The number of ether oxygens (including phenoxy) is 2. The molecule has 0 unspecified atom stereocenters. The summed E-state index contributed by atoms with van der Waals surface area (Å²) in [4.78, 5) is 21.4. The molecule has 8 nitrogen and oxygen atoms in total. The van der Waals surface area contributed by atoms with Gasteiger partial charge >= 0.3 is 0 Å². The summed E-state index contributed by atoms with van der Waals surface area (Å²) in [5, 5.41) is 5.74. The van der Waals surface area contributed by atoms with Crippen LogP contribution in [0.2, 0.25) is 5.02 Å². The summed E-state index contributed by atoms with van der Waals surface area (Å²) in [5.41, 5.74) is 5.02. The molecule has 0 aliphatic carbocycles. The van der Waals surface area contributed by atoms with Gasteiger partial charge in [-0.25, -0.2) is 4.98 Å². The molecule has 182 valence electrons. The van der Waals surface area contributed by atoms with Crippen LogP contribution in [0.4, 0.5) is 0 Å². The SMILES string of the molecule is COc1ccc(=O)n(Cc2cncc(Cl)c2COc2cccc3c(-c4ccnn4C)cc(C)nc23)c1. The molecule has 0 N–H and O–H groups in total. The average Bonchev–Trinajstić information content (AvgIpc) is 3.30. The van der Waals surface area contributed by atoms with Crippen molar-refractivity contribution in [2.24, 2.45) is 7.05 Å². The van der Waals surface area contributed by atoms with Crippen LogP contribution in [0.25, 0.3) is 22.2 Å². The quantitative estimate of drug-likeness (QED) is 0.319. The smallest absolute Gasteiger partial charge is 0.251 e. The van der Waals surface area contributed by atoms with E-state index in [-0.39, 0.29) is 18.7 Å². The number of fused-ring (bicyclic) bond motifs is 1. The van der Waals surface area contributed by atoms with Crippen LogP contribution in [-0.2, 0) is 20.2 Å². The van der Waals surface area contributed by atoms with Crippen molar-refractivity contribution < 1.29 is 9.47 Å². The largest absolute Gasteiger partial charge is 0.495 e. The molecule has 0 amide bonds. The molecular weight excluding hydrogens is 478 g/mol. The van der Waals surface area contributed by atoms with Crippen LogP contribution < -0.4 is 15.0 Å².